The van der Waals surface area contributed by atoms with Crippen molar-refractivity contribution in [1.29, 1.82) is 0 Å². The normalized spacial score (nSPS) is 20.6. The maximum atomic E-state index is 14.3. The van der Waals surface area contributed by atoms with Gasteiger partial charge in [-0.1, -0.05) is 24.3 Å². The number of benzene rings is 2. The van der Waals surface area contributed by atoms with E-state index in [2.05, 4.69) is 5.32 Å². The molecule has 39 heavy (non-hydrogen) atoms. The van der Waals surface area contributed by atoms with Crippen LogP contribution in [0.4, 0.5) is 0 Å². The van der Waals surface area contributed by atoms with Crippen LogP contribution in [0.3, 0.4) is 0 Å². The van der Waals surface area contributed by atoms with E-state index in [1.54, 1.807) is 21.0 Å². The molecule has 0 unspecified atom stereocenters. The average Bonchev–Trinajstić information content (AvgIpc) is 2.93. The van der Waals surface area contributed by atoms with E-state index in [9.17, 15) is 14.4 Å². The Labute approximate surface area is 229 Å². The summed E-state index contributed by atoms with van der Waals surface area (Å²) in [7, 11) is 1.58. The van der Waals surface area contributed by atoms with Gasteiger partial charge in [0.1, 0.15) is 17.4 Å². The second kappa shape index (κ2) is 12.2. The zero-order valence-corrected chi connectivity index (χ0v) is 23.0. The largest absolute Gasteiger partial charge is 0.497 e. The van der Waals surface area contributed by atoms with Gasteiger partial charge in [-0.3, -0.25) is 9.59 Å². The maximum absolute atomic E-state index is 14.3. The van der Waals surface area contributed by atoms with Crippen molar-refractivity contribution in [2.24, 2.45) is 5.92 Å². The molecule has 4 rings (SSSR count). The molecule has 0 bridgehead atoms. The van der Waals surface area contributed by atoms with E-state index in [1.807, 2.05) is 62.4 Å². The Hall–Kier alpha value is -4.07. The average molecular weight is 534 g/mol. The van der Waals surface area contributed by atoms with Crippen molar-refractivity contribution in [3.8, 4) is 11.5 Å². The Kier molecular flexibility index (Phi) is 8.74. The molecule has 0 amide bonds. The number of rotatable bonds is 9. The Morgan fingerprint density at radius 1 is 0.872 bits per heavy atom. The Bertz CT molecular complexity index is 1290. The van der Waals surface area contributed by atoms with Crippen LogP contribution in [0.2, 0.25) is 0 Å². The highest BCUT2D eigenvalue weighted by Gasteiger charge is 2.49. The molecular weight excluding hydrogens is 498 g/mol. The van der Waals surface area contributed by atoms with E-state index in [4.69, 9.17) is 18.9 Å². The number of nitrogens with one attached hydrogen (secondary N) is 1. The van der Waals surface area contributed by atoms with Crippen LogP contribution in [-0.4, -0.2) is 44.7 Å². The third kappa shape index (κ3) is 5.55. The molecule has 3 atom stereocenters. The fourth-order valence-corrected chi connectivity index (χ4v) is 5.44. The molecule has 0 spiro atoms. The lowest BCUT2D eigenvalue weighted by Gasteiger charge is -2.39. The van der Waals surface area contributed by atoms with Gasteiger partial charge in [0.15, 0.2) is 5.78 Å². The van der Waals surface area contributed by atoms with Crippen LogP contribution in [0, 0.1) is 5.92 Å². The topological polar surface area (TPSA) is 100 Å². The van der Waals surface area contributed by atoms with Crippen molar-refractivity contribution in [3.05, 3.63) is 82.2 Å². The standard InChI is InChI=1S/C31H35NO7/c1-6-37-22-15-11-20(12-16-22)26-25(30(34)38-7-2)18(4)32-24-17-23(19-9-13-21(36-5)14-10-19)27(29(33)28(24)26)31(35)39-8-3/h9-16,23,26-27,32H,6-8,17H2,1-5H3/t23-,26-,27+/m1/s1. The monoisotopic (exact) mass is 533 g/mol. The number of ketones is 1. The number of carbonyl (C=O) groups excluding carboxylic acids is 3. The predicted molar refractivity (Wildman–Crippen MR) is 145 cm³/mol. The summed E-state index contributed by atoms with van der Waals surface area (Å²) in [6.07, 6.45) is 0.387. The number of Topliss-reactive ketones (excluding diaryl/α,β-unsaturated/α-hetero) is 1. The molecule has 8 heteroatoms. The minimum atomic E-state index is -1.06. The molecule has 2 aromatic rings. The molecule has 1 aliphatic heterocycles. The summed E-state index contributed by atoms with van der Waals surface area (Å²) in [4.78, 5) is 40.9. The number of dihydropyridines is 1. The molecule has 1 N–H and O–H groups in total. The quantitative estimate of drug-likeness (QED) is 0.362. The zero-order valence-electron chi connectivity index (χ0n) is 23.0. The molecule has 0 saturated heterocycles. The van der Waals surface area contributed by atoms with Gasteiger partial charge in [-0.05, 0) is 69.5 Å². The molecule has 8 nitrogen and oxygen atoms in total. The molecule has 0 saturated carbocycles. The second-order valence-electron chi connectivity index (χ2n) is 9.39. The lowest BCUT2D eigenvalue weighted by atomic mass is 9.67. The van der Waals surface area contributed by atoms with Crippen molar-refractivity contribution in [3.63, 3.8) is 0 Å². The molecule has 206 valence electrons. The number of allylic oxidation sites excluding steroid dienone is 3. The highest BCUT2D eigenvalue weighted by atomic mass is 16.5. The summed E-state index contributed by atoms with van der Waals surface area (Å²) in [5.41, 5.74) is 3.58. The Balaban J connectivity index is 1.86. The molecule has 2 aliphatic rings. The van der Waals surface area contributed by atoms with Gasteiger partial charge in [0.2, 0.25) is 0 Å². The van der Waals surface area contributed by atoms with Gasteiger partial charge in [0.05, 0.1) is 32.5 Å². The number of hydrogen-bond donors (Lipinski definition) is 1. The minimum Gasteiger partial charge on any atom is -0.497 e. The van der Waals surface area contributed by atoms with E-state index in [1.165, 1.54) is 0 Å². The van der Waals surface area contributed by atoms with Gasteiger partial charge in [-0.25, -0.2) is 4.79 Å². The SMILES string of the molecule is CCOC(=O)C1=C(C)NC2=C(C(=O)[C@@H](C(=O)OCC)[C@@H](c3ccc(OC)cc3)C2)[C@@H]1c1ccc(OCC)cc1. The van der Waals surface area contributed by atoms with E-state index in [-0.39, 0.29) is 19.0 Å². The van der Waals surface area contributed by atoms with Crippen LogP contribution in [0.1, 0.15) is 57.1 Å². The van der Waals surface area contributed by atoms with E-state index < -0.39 is 29.7 Å². The van der Waals surface area contributed by atoms with Crippen molar-refractivity contribution in [2.45, 2.75) is 46.0 Å². The lowest BCUT2D eigenvalue weighted by molar-refractivity contribution is -0.152. The van der Waals surface area contributed by atoms with Crippen LogP contribution >= 0.6 is 0 Å². The predicted octanol–water partition coefficient (Wildman–Crippen LogP) is 4.81. The van der Waals surface area contributed by atoms with Crippen molar-refractivity contribution in [1.82, 2.24) is 5.32 Å². The summed E-state index contributed by atoms with van der Waals surface area (Å²) in [5, 5.41) is 3.32. The van der Waals surface area contributed by atoms with Gasteiger partial charge in [-0.15, -0.1) is 0 Å². The van der Waals surface area contributed by atoms with Crippen molar-refractivity contribution < 1.29 is 33.3 Å². The first-order chi connectivity index (χ1) is 18.8. The van der Waals surface area contributed by atoms with Crippen LogP contribution in [0.5, 0.6) is 11.5 Å². The summed E-state index contributed by atoms with van der Waals surface area (Å²) >= 11 is 0. The van der Waals surface area contributed by atoms with Crippen LogP contribution in [0.15, 0.2) is 71.1 Å². The summed E-state index contributed by atoms with van der Waals surface area (Å²) < 4.78 is 21.7. The van der Waals surface area contributed by atoms with Crippen LogP contribution in [-0.2, 0) is 23.9 Å². The van der Waals surface area contributed by atoms with Gasteiger partial charge >= 0.3 is 11.9 Å². The number of hydrogen-bond acceptors (Lipinski definition) is 8. The third-order valence-corrected chi connectivity index (χ3v) is 7.12. The number of esters is 2. The van der Waals surface area contributed by atoms with E-state index in [0.717, 1.165) is 11.1 Å². The van der Waals surface area contributed by atoms with E-state index in [0.29, 0.717) is 47.1 Å². The fraction of sp³-hybridized carbons (Fsp3) is 0.387. The maximum Gasteiger partial charge on any atom is 0.336 e. The van der Waals surface area contributed by atoms with Gasteiger partial charge in [0, 0.05) is 28.8 Å². The highest BCUT2D eigenvalue weighted by molar-refractivity contribution is 6.13. The molecule has 1 heterocycles. The van der Waals surface area contributed by atoms with Crippen molar-refractivity contribution in [2.75, 3.05) is 26.9 Å². The molecule has 0 radical (unpaired) electrons. The molecule has 0 fully saturated rings. The molecule has 1 aliphatic carbocycles. The summed E-state index contributed by atoms with van der Waals surface area (Å²) in [6, 6.07) is 14.7. The second-order valence-corrected chi connectivity index (χ2v) is 9.39. The molecular formula is C31H35NO7. The third-order valence-electron chi connectivity index (χ3n) is 7.12. The van der Waals surface area contributed by atoms with Crippen LogP contribution < -0.4 is 14.8 Å². The smallest absolute Gasteiger partial charge is 0.336 e. The Morgan fingerprint density at radius 2 is 1.49 bits per heavy atom. The van der Waals surface area contributed by atoms with Gasteiger partial charge in [0.25, 0.3) is 0 Å². The first kappa shape index (κ1) is 28.0. The minimum absolute atomic E-state index is 0.150. The summed E-state index contributed by atoms with van der Waals surface area (Å²) in [6.45, 7) is 8.02. The lowest BCUT2D eigenvalue weighted by Crippen LogP contribution is -2.43. The molecule has 0 aromatic heterocycles. The number of ether oxygens (including phenoxy) is 4. The first-order valence-corrected chi connectivity index (χ1v) is 13.3. The van der Waals surface area contributed by atoms with Crippen LogP contribution in [0.25, 0.3) is 0 Å². The summed E-state index contributed by atoms with van der Waals surface area (Å²) in [5.74, 6) is -2.32. The zero-order chi connectivity index (χ0) is 28.1. The van der Waals surface area contributed by atoms with Gasteiger partial charge < -0.3 is 24.3 Å². The Morgan fingerprint density at radius 3 is 2.08 bits per heavy atom. The number of carbonyl (C=O) groups is 3. The highest BCUT2D eigenvalue weighted by Crippen LogP contribution is 2.48. The first-order valence-electron chi connectivity index (χ1n) is 13.3. The fourth-order valence-electron chi connectivity index (χ4n) is 5.44. The number of methoxy groups -OCH3 is 1. The van der Waals surface area contributed by atoms with E-state index >= 15 is 0 Å². The molecule has 2 aromatic carbocycles. The van der Waals surface area contributed by atoms with Gasteiger partial charge in [-0.2, -0.15) is 0 Å². The van der Waals surface area contributed by atoms with Crippen molar-refractivity contribution >= 4 is 17.7 Å².